The van der Waals surface area contributed by atoms with E-state index in [4.69, 9.17) is 14.2 Å². The molecule has 200 valence electrons. The predicted molar refractivity (Wildman–Crippen MR) is 128 cm³/mol. The zero-order valence-corrected chi connectivity index (χ0v) is 20.4. The summed E-state index contributed by atoms with van der Waals surface area (Å²) in [5, 5.41) is 13.5. The number of imidazole rings is 1. The number of rotatable bonds is 8. The fourth-order valence-corrected chi connectivity index (χ4v) is 4.45. The van der Waals surface area contributed by atoms with Crippen LogP contribution in [0.25, 0.3) is 5.57 Å². The van der Waals surface area contributed by atoms with Gasteiger partial charge >= 0.3 is 17.9 Å². The number of pyridine rings is 1. The van der Waals surface area contributed by atoms with Crippen molar-refractivity contribution in [1.82, 2.24) is 24.8 Å². The van der Waals surface area contributed by atoms with Crippen molar-refractivity contribution in [1.29, 1.82) is 0 Å². The maximum absolute atomic E-state index is 15.3. The Kier molecular flexibility index (Phi) is 7.05. The minimum atomic E-state index is -1.35. The van der Waals surface area contributed by atoms with E-state index in [-0.39, 0.29) is 56.6 Å². The molecular formula is C24H25FN6O7. The van der Waals surface area contributed by atoms with Gasteiger partial charge in [0, 0.05) is 30.2 Å². The lowest BCUT2D eigenvalue weighted by molar-refractivity contribution is -0.389. The average molecular weight is 528 g/mol. The molecular weight excluding hydrogens is 503 g/mol. The SMILES string of the molecule is CC(=O)NC[C@H]1CN(C2=CC=C(c3ccnc(CO[C@@H]4COc5nc([N+](=O)[O-])cn5C4)c3)C(F)C2)C(=O)O1. The Morgan fingerprint density at radius 3 is 2.97 bits per heavy atom. The van der Waals surface area contributed by atoms with Gasteiger partial charge in [0.15, 0.2) is 0 Å². The van der Waals surface area contributed by atoms with Crippen molar-refractivity contribution in [3.63, 3.8) is 0 Å². The fourth-order valence-electron chi connectivity index (χ4n) is 4.45. The van der Waals surface area contributed by atoms with Crippen LogP contribution in [0.15, 0.2) is 42.4 Å². The first-order chi connectivity index (χ1) is 18.3. The van der Waals surface area contributed by atoms with Gasteiger partial charge < -0.3 is 29.6 Å². The van der Waals surface area contributed by atoms with E-state index in [0.29, 0.717) is 29.1 Å². The van der Waals surface area contributed by atoms with Crippen LogP contribution in [0, 0.1) is 10.1 Å². The van der Waals surface area contributed by atoms with E-state index in [2.05, 4.69) is 15.3 Å². The molecule has 0 spiro atoms. The average Bonchev–Trinajstić information content (AvgIpc) is 3.49. The standard InChI is InChI=1S/C24H25FN6O7/c1-14(32)27-8-18-10-30(24(33)38-18)17-2-3-20(21(25)7-17)15-4-5-26-16(6-15)12-36-19-9-29-11-22(31(34)35)28-23(29)37-13-19/h2-6,11,18-19,21H,7-10,12-13H2,1H3,(H,27,32)/t18-,19-,21?/m0/s1. The van der Waals surface area contributed by atoms with Crippen molar-refractivity contribution in [2.24, 2.45) is 0 Å². The number of nitrogens with zero attached hydrogens (tertiary/aromatic N) is 5. The van der Waals surface area contributed by atoms with Crippen molar-refractivity contribution in [3.05, 3.63) is 63.7 Å². The van der Waals surface area contributed by atoms with Crippen LogP contribution in [-0.4, -0.2) is 74.4 Å². The van der Waals surface area contributed by atoms with Crippen LogP contribution in [0.1, 0.15) is 24.6 Å². The van der Waals surface area contributed by atoms with E-state index in [0.717, 1.165) is 0 Å². The number of allylic oxidation sites excluding steroid dienone is 4. The van der Waals surface area contributed by atoms with Crippen LogP contribution in [0.2, 0.25) is 0 Å². The maximum Gasteiger partial charge on any atom is 0.414 e. The third-order valence-electron chi connectivity index (χ3n) is 6.31. The zero-order chi connectivity index (χ0) is 26.8. The number of aromatic nitrogens is 3. The van der Waals surface area contributed by atoms with E-state index in [1.165, 1.54) is 22.6 Å². The van der Waals surface area contributed by atoms with Gasteiger partial charge in [-0.3, -0.25) is 19.2 Å². The number of alkyl halides is 1. The number of halogens is 1. The van der Waals surface area contributed by atoms with Crippen LogP contribution in [-0.2, 0) is 27.4 Å². The van der Waals surface area contributed by atoms with Crippen molar-refractivity contribution in [2.45, 2.75) is 44.9 Å². The van der Waals surface area contributed by atoms with Gasteiger partial charge in [-0.1, -0.05) is 6.08 Å². The molecule has 1 fully saturated rings. The third-order valence-corrected chi connectivity index (χ3v) is 6.31. The largest absolute Gasteiger partial charge is 0.443 e. The smallest absolute Gasteiger partial charge is 0.414 e. The molecule has 3 atom stereocenters. The number of carbonyl (C=O) groups is 2. The van der Waals surface area contributed by atoms with Gasteiger partial charge in [0.2, 0.25) is 5.91 Å². The van der Waals surface area contributed by atoms with Crippen molar-refractivity contribution in [3.8, 4) is 6.01 Å². The molecule has 0 aromatic carbocycles. The number of nitrogens with one attached hydrogen (secondary N) is 1. The number of fused-ring (bicyclic) bond motifs is 1. The summed E-state index contributed by atoms with van der Waals surface area (Å²) in [6.07, 6.45) is 3.42. The van der Waals surface area contributed by atoms with E-state index < -0.39 is 23.3 Å². The number of hydrogen-bond donors (Lipinski definition) is 1. The van der Waals surface area contributed by atoms with E-state index in [1.807, 2.05) is 0 Å². The lowest BCUT2D eigenvalue weighted by atomic mass is 9.94. The van der Waals surface area contributed by atoms with E-state index in [9.17, 15) is 19.7 Å². The second-order valence-corrected chi connectivity index (χ2v) is 9.08. The van der Waals surface area contributed by atoms with Crippen molar-refractivity contribution < 1.29 is 33.1 Å². The maximum atomic E-state index is 15.3. The first-order valence-electron chi connectivity index (χ1n) is 12.0. The van der Waals surface area contributed by atoms with E-state index >= 15 is 4.39 Å². The van der Waals surface area contributed by atoms with Gasteiger partial charge in [0.25, 0.3) is 0 Å². The Morgan fingerprint density at radius 2 is 2.21 bits per heavy atom. The molecule has 1 aliphatic carbocycles. The third kappa shape index (κ3) is 5.49. The molecule has 0 radical (unpaired) electrons. The van der Waals surface area contributed by atoms with Gasteiger partial charge in [-0.15, -0.1) is 0 Å². The number of hydrogen-bond acceptors (Lipinski definition) is 9. The lowest BCUT2D eigenvalue weighted by Crippen LogP contribution is -2.33. The first kappa shape index (κ1) is 25.3. The van der Waals surface area contributed by atoms with Crippen LogP contribution in [0.5, 0.6) is 6.01 Å². The van der Waals surface area contributed by atoms with Gasteiger partial charge in [0.05, 0.1) is 31.9 Å². The quantitative estimate of drug-likeness (QED) is 0.401. The summed E-state index contributed by atoms with van der Waals surface area (Å²) in [5.41, 5.74) is 2.18. The summed E-state index contributed by atoms with van der Waals surface area (Å²) >= 11 is 0. The Morgan fingerprint density at radius 1 is 1.37 bits per heavy atom. The number of cyclic esters (lactones) is 1. The number of amides is 2. The summed E-state index contributed by atoms with van der Waals surface area (Å²) in [7, 11) is 0. The molecule has 0 saturated carbocycles. The van der Waals surface area contributed by atoms with Crippen LogP contribution in [0.3, 0.4) is 0 Å². The molecule has 0 bridgehead atoms. The molecule has 5 rings (SSSR count). The lowest BCUT2D eigenvalue weighted by Gasteiger charge is -2.24. The molecule has 2 aliphatic heterocycles. The van der Waals surface area contributed by atoms with E-state index in [1.54, 1.807) is 30.5 Å². The fraction of sp³-hybridized carbons (Fsp3) is 0.417. The molecule has 14 heteroatoms. The molecule has 2 amide bonds. The second kappa shape index (κ2) is 10.6. The van der Waals surface area contributed by atoms with Crippen LogP contribution in [0.4, 0.5) is 15.0 Å². The molecule has 1 saturated heterocycles. The highest BCUT2D eigenvalue weighted by atomic mass is 19.1. The zero-order valence-electron chi connectivity index (χ0n) is 20.4. The molecule has 3 aliphatic rings. The minimum Gasteiger partial charge on any atom is -0.443 e. The highest BCUT2D eigenvalue weighted by Crippen LogP contribution is 2.33. The Hall–Kier alpha value is -4.33. The predicted octanol–water partition coefficient (Wildman–Crippen LogP) is 2.13. The summed E-state index contributed by atoms with van der Waals surface area (Å²) in [6, 6.07) is 3.62. The number of carbonyl (C=O) groups excluding carboxylic acids is 2. The van der Waals surface area contributed by atoms with Gasteiger partial charge in [-0.05, 0) is 34.3 Å². The molecule has 1 N–H and O–H groups in total. The summed E-state index contributed by atoms with van der Waals surface area (Å²) in [6.45, 7) is 2.47. The molecule has 38 heavy (non-hydrogen) atoms. The Bertz CT molecular complexity index is 1330. The Labute approximate surface area is 216 Å². The normalized spacial score (nSPS) is 22.6. The first-order valence-corrected chi connectivity index (χ1v) is 12.0. The molecule has 1 unspecified atom stereocenters. The molecule has 4 heterocycles. The second-order valence-electron chi connectivity index (χ2n) is 9.08. The van der Waals surface area contributed by atoms with Gasteiger partial charge in [0.1, 0.15) is 31.2 Å². The van der Waals surface area contributed by atoms with Crippen molar-refractivity contribution in [2.75, 3.05) is 19.7 Å². The summed E-state index contributed by atoms with van der Waals surface area (Å²) < 4.78 is 33.4. The van der Waals surface area contributed by atoms with Crippen molar-refractivity contribution >= 4 is 23.4 Å². The molecule has 13 nitrogen and oxygen atoms in total. The number of nitro groups is 1. The highest BCUT2D eigenvalue weighted by Gasteiger charge is 2.36. The molecule has 2 aromatic heterocycles. The monoisotopic (exact) mass is 528 g/mol. The number of ether oxygens (including phenoxy) is 3. The highest BCUT2D eigenvalue weighted by molar-refractivity contribution is 5.76. The summed E-state index contributed by atoms with van der Waals surface area (Å²) in [5.74, 6) is -0.513. The topological polar surface area (TPSA) is 151 Å². The van der Waals surface area contributed by atoms with Gasteiger partial charge in [-0.25, -0.2) is 9.18 Å². The summed E-state index contributed by atoms with van der Waals surface area (Å²) in [4.78, 5) is 43.2. The minimum absolute atomic E-state index is 0.000729. The molecule has 2 aromatic rings. The van der Waals surface area contributed by atoms with Gasteiger partial charge in [-0.2, -0.15) is 0 Å². The van der Waals surface area contributed by atoms with Crippen LogP contribution < -0.4 is 10.1 Å². The van der Waals surface area contributed by atoms with Crippen LogP contribution >= 0.6 is 0 Å². The Balaban J connectivity index is 1.21.